The third kappa shape index (κ3) is 3.41. The molecule has 0 amide bonds. The van der Waals surface area contributed by atoms with Crippen LogP contribution in [0.2, 0.25) is 0 Å². The zero-order valence-corrected chi connectivity index (χ0v) is 14.8. The minimum Gasteiger partial charge on any atom is -0.495 e. The van der Waals surface area contributed by atoms with Crippen LogP contribution in [0.1, 0.15) is 5.56 Å². The highest BCUT2D eigenvalue weighted by Gasteiger charge is 2.28. The molecule has 0 atom stereocenters. The molecule has 130 valence electrons. The number of ether oxygens (including phenoxy) is 1. The summed E-state index contributed by atoms with van der Waals surface area (Å²) in [5.41, 5.74) is 3.59. The normalized spacial score (nSPS) is 12.0. The minimum atomic E-state index is -3.92. The van der Waals surface area contributed by atoms with Gasteiger partial charge in [0.25, 0.3) is 0 Å². The zero-order valence-electron chi connectivity index (χ0n) is 14.0. The van der Waals surface area contributed by atoms with Crippen LogP contribution in [0.4, 0.5) is 0 Å². The van der Waals surface area contributed by atoms with Gasteiger partial charge in [-0.15, -0.1) is 0 Å². The number of benzene rings is 3. The first-order chi connectivity index (χ1) is 11.9. The predicted octanol–water partition coefficient (Wildman–Crippen LogP) is 5.92. The lowest BCUT2D eigenvalue weighted by molar-refractivity contribution is 0.374. The van der Waals surface area contributed by atoms with E-state index in [9.17, 15) is 13.7 Å². The molecular formula is C20H20O4S. The first kappa shape index (κ1) is 17.5. The molecule has 3 N–H and O–H groups in total. The molecule has 0 unspecified atom stereocenters. The quantitative estimate of drug-likeness (QED) is 0.543. The summed E-state index contributed by atoms with van der Waals surface area (Å²) in [6, 6.07) is 20.8. The molecule has 0 radical (unpaired) electrons. The third-order valence-electron chi connectivity index (χ3n) is 4.04. The summed E-state index contributed by atoms with van der Waals surface area (Å²) in [5.74, 6) is 0.493. The second-order valence-corrected chi connectivity index (χ2v) is 7.18. The standard InChI is InChI=1S/C20H20O4S/c1-14-13-17(15-9-5-3-6-10-15)19(24-2)18(20(14)25(21,22)23)16-11-7-4-8-12-16/h3-13,21-23H,1-2H3. The van der Waals surface area contributed by atoms with Gasteiger partial charge in [-0.3, -0.25) is 0 Å². The maximum Gasteiger partial charge on any atom is 0.135 e. The summed E-state index contributed by atoms with van der Waals surface area (Å²) in [4.78, 5) is 0.0928. The smallest absolute Gasteiger partial charge is 0.135 e. The second-order valence-electron chi connectivity index (χ2n) is 5.73. The van der Waals surface area contributed by atoms with Gasteiger partial charge < -0.3 is 18.4 Å². The summed E-state index contributed by atoms with van der Waals surface area (Å²) >= 11 is 0. The average molecular weight is 356 g/mol. The van der Waals surface area contributed by atoms with Gasteiger partial charge in [-0.2, -0.15) is 0 Å². The van der Waals surface area contributed by atoms with Crippen LogP contribution in [0.25, 0.3) is 22.3 Å². The molecule has 0 fully saturated rings. The Kier molecular flexibility index (Phi) is 4.83. The lowest BCUT2D eigenvalue weighted by Crippen LogP contribution is -2.05. The van der Waals surface area contributed by atoms with E-state index in [2.05, 4.69) is 0 Å². The summed E-state index contributed by atoms with van der Waals surface area (Å²) < 4.78 is 35.8. The maximum absolute atomic E-state index is 10.0. The van der Waals surface area contributed by atoms with Crippen LogP contribution in [0.3, 0.4) is 0 Å². The van der Waals surface area contributed by atoms with Crippen molar-refractivity contribution >= 4 is 10.9 Å². The Bertz CT molecular complexity index is 872. The molecule has 0 aliphatic rings. The molecule has 0 saturated heterocycles. The Morgan fingerprint density at radius 2 is 1.32 bits per heavy atom. The van der Waals surface area contributed by atoms with E-state index < -0.39 is 10.9 Å². The number of aryl methyl sites for hydroxylation is 1. The monoisotopic (exact) mass is 356 g/mol. The van der Waals surface area contributed by atoms with Gasteiger partial charge in [-0.05, 0) is 29.7 Å². The Hall–Kier alpha value is -2.31. The summed E-state index contributed by atoms with van der Waals surface area (Å²) in [5, 5.41) is 0. The zero-order chi connectivity index (χ0) is 18.0. The Morgan fingerprint density at radius 1 is 0.800 bits per heavy atom. The highest BCUT2D eigenvalue weighted by molar-refractivity contribution is 8.19. The van der Waals surface area contributed by atoms with Crippen molar-refractivity contribution in [2.24, 2.45) is 0 Å². The van der Waals surface area contributed by atoms with Gasteiger partial charge in [0, 0.05) is 11.1 Å². The van der Waals surface area contributed by atoms with E-state index in [0.29, 0.717) is 16.9 Å². The van der Waals surface area contributed by atoms with Gasteiger partial charge in [-0.1, -0.05) is 60.7 Å². The van der Waals surface area contributed by atoms with E-state index >= 15 is 0 Å². The number of hydrogen-bond acceptors (Lipinski definition) is 4. The van der Waals surface area contributed by atoms with Crippen LogP contribution >= 0.6 is 10.9 Å². The summed E-state index contributed by atoms with van der Waals surface area (Å²) in [6.45, 7) is 1.75. The highest BCUT2D eigenvalue weighted by Crippen LogP contribution is 2.55. The molecule has 0 aromatic heterocycles. The van der Waals surface area contributed by atoms with Gasteiger partial charge in [0.2, 0.25) is 0 Å². The van der Waals surface area contributed by atoms with Crippen molar-refractivity contribution in [3.63, 3.8) is 0 Å². The maximum atomic E-state index is 10.0. The molecule has 25 heavy (non-hydrogen) atoms. The van der Waals surface area contributed by atoms with Gasteiger partial charge in [0.05, 0.1) is 12.0 Å². The third-order valence-corrected chi connectivity index (χ3v) is 5.12. The first-order valence-corrected chi connectivity index (χ1v) is 9.27. The molecule has 0 spiro atoms. The van der Waals surface area contributed by atoms with Crippen LogP contribution < -0.4 is 4.74 Å². The van der Waals surface area contributed by atoms with Crippen molar-refractivity contribution in [3.8, 4) is 28.0 Å². The van der Waals surface area contributed by atoms with Crippen LogP contribution in [-0.2, 0) is 0 Å². The molecule has 3 rings (SSSR count). The summed E-state index contributed by atoms with van der Waals surface area (Å²) in [6.07, 6.45) is 0. The van der Waals surface area contributed by atoms with Crippen LogP contribution in [0.5, 0.6) is 5.75 Å². The topological polar surface area (TPSA) is 69.9 Å². The second kappa shape index (κ2) is 6.90. The number of rotatable bonds is 4. The van der Waals surface area contributed by atoms with E-state index in [1.165, 1.54) is 7.11 Å². The Labute approximate surface area is 148 Å². The minimum absolute atomic E-state index is 0.0928. The molecule has 0 bridgehead atoms. The first-order valence-electron chi connectivity index (χ1n) is 7.76. The van der Waals surface area contributed by atoms with E-state index in [1.807, 2.05) is 60.7 Å². The van der Waals surface area contributed by atoms with Gasteiger partial charge in [0.1, 0.15) is 16.6 Å². The van der Waals surface area contributed by atoms with Crippen molar-refractivity contribution in [3.05, 3.63) is 72.3 Å². The van der Waals surface area contributed by atoms with Crippen LogP contribution in [0, 0.1) is 6.92 Å². The molecule has 0 aliphatic carbocycles. The fraction of sp³-hybridized carbons (Fsp3) is 0.100. The van der Waals surface area contributed by atoms with E-state index in [-0.39, 0.29) is 4.90 Å². The lowest BCUT2D eigenvalue weighted by Gasteiger charge is -2.27. The molecule has 3 aromatic carbocycles. The van der Waals surface area contributed by atoms with Gasteiger partial charge >= 0.3 is 0 Å². The Balaban J connectivity index is 2.42. The molecule has 0 saturated carbocycles. The largest absolute Gasteiger partial charge is 0.495 e. The fourth-order valence-corrected chi connectivity index (χ4v) is 4.02. The average Bonchev–Trinajstić information content (AvgIpc) is 2.61. The highest BCUT2D eigenvalue weighted by atomic mass is 32.3. The molecule has 3 aromatic rings. The molecule has 5 heteroatoms. The Morgan fingerprint density at radius 3 is 1.80 bits per heavy atom. The van der Waals surface area contributed by atoms with E-state index in [1.54, 1.807) is 13.0 Å². The number of methoxy groups -OCH3 is 1. The van der Waals surface area contributed by atoms with Crippen molar-refractivity contribution < 1.29 is 18.4 Å². The SMILES string of the molecule is COc1c(-c2ccccc2)cc(C)c(S(O)(O)O)c1-c1ccccc1. The van der Waals surface area contributed by atoms with Crippen molar-refractivity contribution in [1.82, 2.24) is 0 Å². The van der Waals surface area contributed by atoms with Crippen molar-refractivity contribution in [1.29, 1.82) is 0 Å². The summed E-state index contributed by atoms with van der Waals surface area (Å²) in [7, 11) is -2.39. The molecular weight excluding hydrogens is 336 g/mol. The fourth-order valence-electron chi connectivity index (χ4n) is 3.05. The van der Waals surface area contributed by atoms with Crippen molar-refractivity contribution in [2.45, 2.75) is 11.8 Å². The van der Waals surface area contributed by atoms with E-state index in [0.717, 1.165) is 16.7 Å². The predicted molar refractivity (Wildman–Crippen MR) is 102 cm³/mol. The van der Waals surface area contributed by atoms with E-state index in [4.69, 9.17) is 4.74 Å². The van der Waals surface area contributed by atoms with Gasteiger partial charge in [0.15, 0.2) is 0 Å². The van der Waals surface area contributed by atoms with Crippen LogP contribution in [0.15, 0.2) is 71.6 Å². The lowest BCUT2D eigenvalue weighted by atomic mass is 9.94. The van der Waals surface area contributed by atoms with Crippen molar-refractivity contribution in [2.75, 3.05) is 7.11 Å². The molecule has 0 aliphatic heterocycles. The van der Waals surface area contributed by atoms with Gasteiger partial charge in [-0.25, -0.2) is 0 Å². The molecule has 4 nitrogen and oxygen atoms in total. The van der Waals surface area contributed by atoms with Crippen LogP contribution in [-0.4, -0.2) is 20.8 Å². The molecule has 0 heterocycles. The number of hydrogen-bond donors (Lipinski definition) is 3.